The quantitative estimate of drug-likeness (QED) is 0.0864. The fraction of sp³-hybridized carbons (Fsp3) is 0.382. The maximum atomic E-state index is 14.1. The molecule has 1 heterocycles. The average molecular weight is 753 g/mol. The first kappa shape index (κ1) is 37.7. The van der Waals surface area contributed by atoms with Crippen molar-refractivity contribution in [3.8, 4) is 5.75 Å². The third-order valence-electron chi connectivity index (χ3n) is 7.75. The molecule has 3 N–H and O–H groups in total. The van der Waals surface area contributed by atoms with Crippen molar-refractivity contribution >= 4 is 56.0 Å². The summed E-state index contributed by atoms with van der Waals surface area (Å²) in [5.41, 5.74) is 6.12. The highest BCUT2D eigenvalue weighted by Crippen LogP contribution is 2.42. The number of aliphatic imine (C=N–C) groups is 1. The van der Waals surface area contributed by atoms with E-state index in [0.717, 1.165) is 21.1 Å². The van der Waals surface area contributed by atoms with Gasteiger partial charge in [0.05, 0.1) is 46.6 Å². The van der Waals surface area contributed by atoms with Crippen LogP contribution in [0.15, 0.2) is 59.6 Å². The van der Waals surface area contributed by atoms with E-state index in [1.54, 1.807) is 45.0 Å². The maximum absolute atomic E-state index is 14.1. The predicted octanol–water partition coefficient (Wildman–Crippen LogP) is 6.87. The largest absolute Gasteiger partial charge is 0.497 e. The zero-order chi connectivity index (χ0) is 37.2. The number of hydrogen-bond acceptors (Lipinski definition) is 7. The van der Waals surface area contributed by atoms with Crippen LogP contribution in [0.2, 0.25) is 5.02 Å². The molecule has 0 spiro atoms. The Bertz CT molecular complexity index is 2030. The van der Waals surface area contributed by atoms with E-state index >= 15 is 0 Å². The molecule has 0 saturated heterocycles. The minimum atomic E-state index is -4.04. The van der Waals surface area contributed by atoms with Crippen LogP contribution < -0.4 is 20.1 Å². The second kappa shape index (κ2) is 15.0. The van der Waals surface area contributed by atoms with Gasteiger partial charge in [-0.3, -0.25) is 4.68 Å². The Labute approximate surface area is 297 Å². The number of alkyl carbamates (subject to hydrolysis) is 1. The Kier molecular flexibility index (Phi) is 11.1. The summed E-state index contributed by atoms with van der Waals surface area (Å²) in [5.74, 6) is -1.65. The molecule has 1 saturated carbocycles. The predicted molar refractivity (Wildman–Crippen MR) is 186 cm³/mol. The number of ether oxygens (including phenoxy) is 2. The number of benzene rings is 3. The number of nitrogens with zero attached hydrogens (tertiary/aromatic N) is 4. The van der Waals surface area contributed by atoms with Crippen LogP contribution in [0.1, 0.15) is 44.7 Å². The van der Waals surface area contributed by atoms with Gasteiger partial charge >= 0.3 is 6.09 Å². The number of sulfonamides is 1. The lowest BCUT2D eigenvalue weighted by molar-refractivity contribution is 0.0517. The topological polar surface area (TPSA) is 141 Å². The number of halogens is 5. The molecule has 1 unspecified atom stereocenters. The first-order valence-corrected chi connectivity index (χ1v) is 17.7. The average Bonchev–Trinajstić information content (AvgIpc) is 3.82. The van der Waals surface area contributed by atoms with Crippen molar-refractivity contribution in [1.82, 2.24) is 15.1 Å². The number of amides is 1. The summed E-state index contributed by atoms with van der Waals surface area (Å²) in [6.07, 6.45) is -3.24. The van der Waals surface area contributed by atoms with Crippen molar-refractivity contribution < 1.29 is 40.2 Å². The first-order valence-electron chi connectivity index (χ1n) is 15.9. The third kappa shape index (κ3) is 9.22. The highest BCUT2D eigenvalue weighted by molar-refractivity contribution is 7.93. The normalized spacial score (nSPS) is 14.5. The molecule has 274 valence electrons. The molecule has 11 nitrogen and oxygen atoms in total. The monoisotopic (exact) mass is 752 g/mol. The second-order valence-electron chi connectivity index (χ2n) is 13.0. The Balaban J connectivity index is 1.65. The van der Waals surface area contributed by atoms with Crippen LogP contribution >= 0.6 is 11.6 Å². The first-order chi connectivity index (χ1) is 23.9. The molecule has 5 rings (SSSR count). The molecule has 0 bridgehead atoms. The molecule has 51 heavy (non-hydrogen) atoms. The van der Waals surface area contributed by atoms with Crippen molar-refractivity contribution in [2.75, 3.05) is 11.4 Å². The molecule has 17 heteroatoms. The Hall–Kier alpha value is -4.57. The van der Waals surface area contributed by atoms with E-state index in [1.807, 2.05) is 0 Å². The summed E-state index contributed by atoms with van der Waals surface area (Å²) in [6.45, 7) is 3.75. The van der Waals surface area contributed by atoms with Gasteiger partial charge < -0.3 is 20.5 Å². The minimum Gasteiger partial charge on any atom is -0.497 e. The van der Waals surface area contributed by atoms with Crippen LogP contribution in [0.25, 0.3) is 10.9 Å². The molecule has 0 radical (unpaired) electrons. The van der Waals surface area contributed by atoms with Gasteiger partial charge in [-0.2, -0.15) is 5.10 Å². The van der Waals surface area contributed by atoms with Crippen LogP contribution in [0.4, 0.5) is 33.9 Å². The number of rotatable bonds is 13. The van der Waals surface area contributed by atoms with E-state index in [1.165, 1.54) is 19.2 Å². The Morgan fingerprint density at radius 3 is 2.31 bits per heavy atom. The molecule has 0 aliphatic heterocycles. The summed E-state index contributed by atoms with van der Waals surface area (Å²) in [4.78, 5) is 17.3. The highest BCUT2D eigenvalue weighted by atomic mass is 35.5. The number of anilines is 1. The van der Waals surface area contributed by atoms with Crippen molar-refractivity contribution in [3.05, 3.63) is 82.4 Å². The molecule has 3 aromatic carbocycles. The lowest BCUT2D eigenvalue weighted by Gasteiger charge is -2.24. The zero-order valence-electron chi connectivity index (χ0n) is 28.2. The molecule has 1 aromatic heterocycles. The van der Waals surface area contributed by atoms with Crippen LogP contribution in [-0.2, 0) is 34.3 Å². The summed E-state index contributed by atoms with van der Waals surface area (Å²) in [7, 11) is -2.55. The molecule has 1 amide bonds. The number of nitrogens with two attached hydrogens (primary N) is 1. The zero-order valence-corrected chi connectivity index (χ0v) is 29.7. The molecular formula is C34H37ClF4N6O5S. The lowest BCUT2D eigenvalue weighted by Crippen LogP contribution is -2.47. The number of methoxy groups -OCH3 is 1. The van der Waals surface area contributed by atoms with Gasteiger partial charge in [-0.15, -0.1) is 0 Å². The van der Waals surface area contributed by atoms with Gasteiger partial charge in [0.15, 0.2) is 5.82 Å². The van der Waals surface area contributed by atoms with Gasteiger partial charge in [0, 0.05) is 12.5 Å². The number of carbonyl (C=O) groups is 1. The van der Waals surface area contributed by atoms with Crippen molar-refractivity contribution in [3.63, 3.8) is 0 Å². The van der Waals surface area contributed by atoms with Crippen molar-refractivity contribution in [2.24, 2.45) is 10.7 Å². The summed E-state index contributed by atoms with van der Waals surface area (Å²) < 4.78 is 96.6. The van der Waals surface area contributed by atoms with E-state index in [0.29, 0.717) is 30.2 Å². The number of hydrogen-bond donors (Lipinski definition) is 2. The van der Waals surface area contributed by atoms with Gasteiger partial charge in [-0.25, -0.2) is 40.1 Å². The van der Waals surface area contributed by atoms with E-state index in [2.05, 4.69) is 15.4 Å². The van der Waals surface area contributed by atoms with Crippen LogP contribution in [0.5, 0.6) is 5.75 Å². The van der Waals surface area contributed by atoms with Crippen LogP contribution in [0.3, 0.4) is 0 Å². The third-order valence-corrected chi connectivity index (χ3v) is 10.3. The van der Waals surface area contributed by atoms with Gasteiger partial charge in [-0.05, 0) is 81.1 Å². The second-order valence-corrected chi connectivity index (χ2v) is 15.5. The fourth-order valence-electron chi connectivity index (χ4n) is 5.36. The summed E-state index contributed by atoms with van der Waals surface area (Å²) >= 11 is 6.68. The van der Waals surface area contributed by atoms with E-state index in [4.69, 9.17) is 26.8 Å². The Morgan fingerprint density at radius 2 is 1.75 bits per heavy atom. The summed E-state index contributed by atoms with van der Waals surface area (Å²) in [6, 6.07) is 11.0. The maximum Gasteiger partial charge on any atom is 0.408 e. The molecule has 1 aliphatic carbocycles. The molecule has 4 aromatic rings. The number of nitrogens with one attached hydrogen (secondary N) is 1. The molecule has 1 aliphatic rings. The fourth-order valence-corrected chi connectivity index (χ4v) is 7.39. The number of aromatic nitrogens is 2. The van der Waals surface area contributed by atoms with E-state index in [-0.39, 0.29) is 51.8 Å². The van der Waals surface area contributed by atoms with E-state index < -0.39 is 57.6 Å². The molecular weight excluding hydrogens is 716 g/mol. The SMILES string of the molecule is COc1ccc(CN(c2nn(CC(F)F)c3c(N=C(N)C(Cc4cc(F)cc(F)c4)NC(=O)OC(C)(C)C)ccc(Cl)c23)S(=O)(=O)C2CC2)cc1. The lowest BCUT2D eigenvalue weighted by atomic mass is 10.0. The van der Waals surface area contributed by atoms with Gasteiger partial charge in [0.1, 0.15) is 35.4 Å². The van der Waals surface area contributed by atoms with Gasteiger partial charge in [0.25, 0.3) is 6.43 Å². The highest BCUT2D eigenvalue weighted by Gasteiger charge is 2.42. The number of fused-ring (bicyclic) bond motifs is 1. The van der Waals surface area contributed by atoms with Crippen molar-refractivity contribution in [1.29, 1.82) is 0 Å². The van der Waals surface area contributed by atoms with Gasteiger partial charge in [-0.1, -0.05) is 23.7 Å². The van der Waals surface area contributed by atoms with Gasteiger partial charge in [0.2, 0.25) is 10.0 Å². The van der Waals surface area contributed by atoms with Crippen LogP contribution in [-0.4, -0.2) is 60.6 Å². The standard InChI is InChI=1S/C34H37ClF4N6O5S/c1-34(2,3)50-33(46)42-27(15-20-13-21(36)16-22(37)14-20)31(40)41-26-12-11-25(35)29-30(26)44(18-28(38)39)43-32(29)45(51(47,48)24-9-10-24)17-19-5-7-23(49-4)8-6-19/h5-8,11-14,16,24,27-28H,9-10,15,17-18H2,1-4H3,(H2,40,41)(H,42,46). The minimum absolute atomic E-state index is 0.00225. The molecule has 1 fully saturated rings. The Morgan fingerprint density at radius 1 is 1.10 bits per heavy atom. The van der Waals surface area contributed by atoms with E-state index in [9.17, 15) is 30.8 Å². The number of amidine groups is 1. The molecule has 1 atom stereocenters. The summed E-state index contributed by atoms with van der Waals surface area (Å²) in [5, 5.41) is 6.26. The number of alkyl halides is 2. The smallest absolute Gasteiger partial charge is 0.408 e. The van der Waals surface area contributed by atoms with Crippen molar-refractivity contribution in [2.45, 2.75) is 76.4 Å². The van der Waals surface area contributed by atoms with Crippen LogP contribution in [0, 0.1) is 11.6 Å². The number of carbonyl (C=O) groups excluding carboxylic acids is 1.